The quantitative estimate of drug-likeness (QED) is 0.789. The maximum atomic E-state index is 4.32. The van der Waals surface area contributed by atoms with Crippen LogP contribution in [0, 0.1) is 5.92 Å². The maximum absolute atomic E-state index is 4.32. The molecular formula is C9H15N3S. The van der Waals surface area contributed by atoms with Crippen LogP contribution in [0.15, 0.2) is 11.6 Å². The second-order valence-corrected chi connectivity index (χ2v) is 4.35. The fourth-order valence-electron chi connectivity index (χ4n) is 1.83. The van der Waals surface area contributed by atoms with Crippen molar-refractivity contribution in [3.05, 3.63) is 11.6 Å². The van der Waals surface area contributed by atoms with E-state index in [0.717, 1.165) is 19.0 Å². The third kappa shape index (κ3) is 2.00. The fraction of sp³-hybridized carbons (Fsp3) is 0.667. The molecule has 0 spiro atoms. The van der Waals surface area contributed by atoms with Gasteiger partial charge in [-0.25, -0.2) is 4.98 Å². The second-order valence-electron chi connectivity index (χ2n) is 3.47. The number of aromatic nitrogens is 1. The van der Waals surface area contributed by atoms with Crippen LogP contribution in [0.2, 0.25) is 0 Å². The molecule has 13 heavy (non-hydrogen) atoms. The molecule has 0 aliphatic carbocycles. The Bertz CT molecular complexity index is 247. The Kier molecular flexibility index (Phi) is 2.80. The predicted molar refractivity (Wildman–Crippen MR) is 56.4 cm³/mol. The van der Waals surface area contributed by atoms with Gasteiger partial charge >= 0.3 is 0 Å². The summed E-state index contributed by atoms with van der Waals surface area (Å²) >= 11 is 1.73. The summed E-state index contributed by atoms with van der Waals surface area (Å²) in [7, 11) is 2.02. The summed E-state index contributed by atoms with van der Waals surface area (Å²) in [4.78, 5) is 6.70. The normalized spacial score (nSPS) is 22.5. The number of rotatable bonds is 3. The molecule has 72 valence electrons. The number of nitrogens with one attached hydrogen (secondary N) is 1. The van der Waals surface area contributed by atoms with Gasteiger partial charge in [0.1, 0.15) is 0 Å². The SMILES string of the molecule is CNCC1CCN(c2nccs2)C1. The first-order valence-corrected chi connectivity index (χ1v) is 5.57. The van der Waals surface area contributed by atoms with Gasteiger partial charge in [0.2, 0.25) is 0 Å². The molecule has 1 aliphatic heterocycles. The molecule has 0 saturated carbocycles. The highest BCUT2D eigenvalue weighted by molar-refractivity contribution is 7.13. The highest BCUT2D eigenvalue weighted by Crippen LogP contribution is 2.24. The van der Waals surface area contributed by atoms with Gasteiger partial charge in [-0.3, -0.25) is 0 Å². The lowest BCUT2D eigenvalue weighted by Crippen LogP contribution is -2.24. The van der Waals surface area contributed by atoms with Gasteiger partial charge in [-0.05, 0) is 25.9 Å². The van der Waals surface area contributed by atoms with E-state index >= 15 is 0 Å². The molecule has 3 nitrogen and oxygen atoms in total. The van der Waals surface area contributed by atoms with E-state index in [-0.39, 0.29) is 0 Å². The van der Waals surface area contributed by atoms with Crippen LogP contribution in [0.4, 0.5) is 5.13 Å². The highest BCUT2D eigenvalue weighted by Gasteiger charge is 2.22. The van der Waals surface area contributed by atoms with Crippen molar-refractivity contribution in [1.82, 2.24) is 10.3 Å². The molecule has 1 aliphatic rings. The minimum atomic E-state index is 0.800. The first kappa shape index (κ1) is 8.97. The van der Waals surface area contributed by atoms with Gasteiger partial charge in [0.05, 0.1) is 0 Å². The van der Waals surface area contributed by atoms with Crippen molar-refractivity contribution in [3.8, 4) is 0 Å². The molecular weight excluding hydrogens is 182 g/mol. The fourth-order valence-corrected chi connectivity index (χ4v) is 2.51. The molecule has 0 amide bonds. The number of hydrogen-bond acceptors (Lipinski definition) is 4. The van der Waals surface area contributed by atoms with Crippen LogP contribution in [-0.4, -0.2) is 31.7 Å². The third-order valence-electron chi connectivity index (χ3n) is 2.47. The van der Waals surface area contributed by atoms with E-state index in [4.69, 9.17) is 0 Å². The average Bonchev–Trinajstić information content (AvgIpc) is 2.70. The van der Waals surface area contributed by atoms with Crippen LogP contribution in [0.1, 0.15) is 6.42 Å². The summed E-state index contributed by atoms with van der Waals surface area (Å²) in [5.41, 5.74) is 0. The van der Waals surface area contributed by atoms with Crippen molar-refractivity contribution in [2.24, 2.45) is 5.92 Å². The number of anilines is 1. The molecule has 1 aromatic heterocycles. The Morgan fingerprint density at radius 3 is 3.38 bits per heavy atom. The Morgan fingerprint density at radius 1 is 1.77 bits per heavy atom. The minimum absolute atomic E-state index is 0.800. The van der Waals surface area contributed by atoms with Crippen LogP contribution in [0.5, 0.6) is 0 Å². The van der Waals surface area contributed by atoms with E-state index in [2.05, 4.69) is 15.2 Å². The van der Waals surface area contributed by atoms with Gasteiger partial charge in [0.25, 0.3) is 0 Å². The Hall–Kier alpha value is -0.610. The van der Waals surface area contributed by atoms with Crippen LogP contribution in [-0.2, 0) is 0 Å². The van der Waals surface area contributed by atoms with E-state index in [0.29, 0.717) is 0 Å². The monoisotopic (exact) mass is 197 g/mol. The van der Waals surface area contributed by atoms with Crippen LogP contribution >= 0.6 is 11.3 Å². The van der Waals surface area contributed by atoms with Crippen LogP contribution < -0.4 is 10.2 Å². The summed E-state index contributed by atoms with van der Waals surface area (Å²) in [6.07, 6.45) is 3.17. The zero-order chi connectivity index (χ0) is 9.10. The van der Waals surface area contributed by atoms with Gasteiger partial charge in [-0.1, -0.05) is 0 Å². The Morgan fingerprint density at radius 2 is 2.69 bits per heavy atom. The summed E-state index contributed by atoms with van der Waals surface area (Å²) < 4.78 is 0. The molecule has 1 saturated heterocycles. The average molecular weight is 197 g/mol. The van der Waals surface area contributed by atoms with Gasteiger partial charge in [-0.15, -0.1) is 11.3 Å². The smallest absolute Gasteiger partial charge is 0.185 e. The van der Waals surface area contributed by atoms with E-state index < -0.39 is 0 Å². The minimum Gasteiger partial charge on any atom is -0.348 e. The first-order valence-electron chi connectivity index (χ1n) is 4.69. The third-order valence-corrected chi connectivity index (χ3v) is 3.30. The molecule has 0 radical (unpaired) electrons. The lowest BCUT2D eigenvalue weighted by molar-refractivity contribution is 0.549. The molecule has 1 N–H and O–H groups in total. The van der Waals surface area contributed by atoms with Gasteiger partial charge < -0.3 is 10.2 Å². The van der Waals surface area contributed by atoms with Crippen LogP contribution in [0.3, 0.4) is 0 Å². The summed E-state index contributed by atoms with van der Waals surface area (Å²) in [6.45, 7) is 3.45. The molecule has 1 unspecified atom stereocenters. The lowest BCUT2D eigenvalue weighted by atomic mass is 10.1. The molecule has 0 bridgehead atoms. The Balaban J connectivity index is 1.91. The molecule has 1 atom stereocenters. The maximum Gasteiger partial charge on any atom is 0.185 e. The summed E-state index contributed by atoms with van der Waals surface area (Å²) in [5, 5.41) is 6.45. The van der Waals surface area contributed by atoms with E-state index in [9.17, 15) is 0 Å². The standard InChI is InChI=1S/C9H15N3S/c1-10-6-8-2-4-12(7-8)9-11-3-5-13-9/h3,5,8,10H,2,4,6-7H2,1H3. The summed E-state index contributed by atoms with van der Waals surface area (Å²) in [5.74, 6) is 0.800. The zero-order valence-electron chi connectivity index (χ0n) is 7.86. The van der Waals surface area contributed by atoms with Gasteiger partial charge in [-0.2, -0.15) is 0 Å². The van der Waals surface area contributed by atoms with E-state index in [1.807, 2.05) is 18.6 Å². The van der Waals surface area contributed by atoms with Gasteiger partial charge in [0, 0.05) is 24.7 Å². The van der Waals surface area contributed by atoms with Gasteiger partial charge in [0.15, 0.2) is 5.13 Å². The molecule has 2 rings (SSSR count). The molecule has 1 aromatic rings. The Labute approximate surface area is 82.8 Å². The predicted octanol–water partition coefficient (Wildman–Crippen LogP) is 1.19. The van der Waals surface area contributed by atoms with Crippen LogP contribution in [0.25, 0.3) is 0 Å². The second kappa shape index (κ2) is 4.07. The largest absolute Gasteiger partial charge is 0.348 e. The lowest BCUT2D eigenvalue weighted by Gasteiger charge is -2.14. The van der Waals surface area contributed by atoms with Crippen molar-refractivity contribution >= 4 is 16.5 Å². The molecule has 1 fully saturated rings. The number of nitrogens with zero attached hydrogens (tertiary/aromatic N) is 2. The molecule has 0 aromatic carbocycles. The number of thiazole rings is 1. The molecule has 4 heteroatoms. The zero-order valence-corrected chi connectivity index (χ0v) is 8.68. The van der Waals surface area contributed by atoms with Crippen molar-refractivity contribution in [2.45, 2.75) is 6.42 Å². The van der Waals surface area contributed by atoms with Crippen molar-refractivity contribution < 1.29 is 0 Å². The van der Waals surface area contributed by atoms with Crippen molar-refractivity contribution in [2.75, 3.05) is 31.6 Å². The van der Waals surface area contributed by atoms with Crippen molar-refractivity contribution in [1.29, 1.82) is 0 Å². The van der Waals surface area contributed by atoms with E-state index in [1.54, 1.807) is 11.3 Å². The van der Waals surface area contributed by atoms with Crippen molar-refractivity contribution in [3.63, 3.8) is 0 Å². The number of hydrogen-bond donors (Lipinski definition) is 1. The molecule has 2 heterocycles. The highest BCUT2D eigenvalue weighted by atomic mass is 32.1. The topological polar surface area (TPSA) is 28.2 Å². The first-order chi connectivity index (χ1) is 6.40. The van der Waals surface area contributed by atoms with E-state index in [1.165, 1.54) is 18.1 Å². The summed E-state index contributed by atoms with van der Waals surface area (Å²) in [6, 6.07) is 0.